The van der Waals surface area contributed by atoms with Gasteiger partial charge in [0.05, 0.1) is 7.11 Å². The molecule has 1 fully saturated rings. The van der Waals surface area contributed by atoms with Crippen molar-refractivity contribution in [2.75, 3.05) is 13.7 Å². The van der Waals surface area contributed by atoms with E-state index in [9.17, 15) is 9.59 Å². The van der Waals surface area contributed by atoms with E-state index in [1.807, 2.05) is 20.8 Å². The molecule has 0 radical (unpaired) electrons. The van der Waals surface area contributed by atoms with Gasteiger partial charge in [-0.2, -0.15) is 0 Å². The van der Waals surface area contributed by atoms with Crippen molar-refractivity contribution in [2.24, 2.45) is 5.92 Å². The van der Waals surface area contributed by atoms with Crippen molar-refractivity contribution >= 4 is 11.9 Å². The molecule has 1 saturated heterocycles. The van der Waals surface area contributed by atoms with Crippen LogP contribution in [-0.2, 0) is 14.3 Å². The van der Waals surface area contributed by atoms with Crippen LogP contribution in [0.1, 0.15) is 33.6 Å². The van der Waals surface area contributed by atoms with Crippen LogP contribution in [0.5, 0.6) is 0 Å². The highest BCUT2D eigenvalue weighted by Crippen LogP contribution is 2.25. The van der Waals surface area contributed by atoms with Crippen LogP contribution in [0.4, 0.5) is 0 Å². The predicted molar refractivity (Wildman–Crippen MR) is 56.2 cm³/mol. The molecule has 1 aliphatic rings. The molecule has 4 heteroatoms. The van der Waals surface area contributed by atoms with Gasteiger partial charge in [0.1, 0.15) is 5.92 Å². The van der Waals surface area contributed by atoms with Crippen LogP contribution in [0, 0.1) is 5.92 Å². The second-order valence-corrected chi connectivity index (χ2v) is 4.88. The Labute approximate surface area is 90.6 Å². The highest BCUT2D eigenvalue weighted by Gasteiger charge is 2.39. The van der Waals surface area contributed by atoms with Crippen molar-refractivity contribution in [1.29, 1.82) is 0 Å². The summed E-state index contributed by atoms with van der Waals surface area (Å²) in [5, 5.41) is 0. The van der Waals surface area contributed by atoms with Crippen molar-refractivity contribution in [3.63, 3.8) is 0 Å². The zero-order chi connectivity index (χ0) is 11.6. The summed E-state index contributed by atoms with van der Waals surface area (Å²) in [5.41, 5.74) is -0.218. The SMILES string of the molecule is COC(=O)C1CCCN(C(C)(C)C)C1=O. The first-order valence-electron chi connectivity index (χ1n) is 5.27. The Morgan fingerprint density at radius 2 is 2.07 bits per heavy atom. The van der Waals surface area contributed by atoms with Gasteiger partial charge in [0.25, 0.3) is 0 Å². The molecule has 0 aromatic heterocycles. The van der Waals surface area contributed by atoms with Crippen LogP contribution in [0.25, 0.3) is 0 Å². The summed E-state index contributed by atoms with van der Waals surface area (Å²) in [7, 11) is 1.33. The Kier molecular flexibility index (Phi) is 3.37. The molecule has 1 rings (SSSR count). The van der Waals surface area contributed by atoms with Gasteiger partial charge in [-0.25, -0.2) is 0 Å². The topological polar surface area (TPSA) is 46.6 Å². The van der Waals surface area contributed by atoms with Crippen molar-refractivity contribution in [3.8, 4) is 0 Å². The van der Waals surface area contributed by atoms with Crippen molar-refractivity contribution in [1.82, 2.24) is 4.90 Å². The summed E-state index contributed by atoms with van der Waals surface area (Å²) < 4.78 is 4.63. The number of carbonyl (C=O) groups is 2. The van der Waals surface area contributed by atoms with Gasteiger partial charge in [-0.05, 0) is 33.6 Å². The Balaban J connectivity index is 2.80. The minimum atomic E-state index is -0.594. The molecule has 0 bridgehead atoms. The standard InChI is InChI=1S/C11H19NO3/c1-11(2,3)12-7-5-6-8(9(12)13)10(14)15-4/h8H,5-7H2,1-4H3. The molecule has 0 spiro atoms. The molecule has 1 heterocycles. The van der Waals surface area contributed by atoms with Gasteiger partial charge in [0.15, 0.2) is 0 Å². The average molecular weight is 213 g/mol. The van der Waals surface area contributed by atoms with Crippen molar-refractivity contribution in [2.45, 2.75) is 39.2 Å². The first kappa shape index (κ1) is 12.0. The summed E-state index contributed by atoms with van der Waals surface area (Å²) in [6, 6.07) is 0. The molecule has 0 saturated carbocycles. The predicted octanol–water partition coefficient (Wildman–Crippen LogP) is 1.20. The normalized spacial score (nSPS) is 22.8. The van der Waals surface area contributed by atoms with Gasteiger partial charge in [0, 0.05) is 12.1 Å². The molecule has 0 aliphatic carbocycles. The van der Waals surface area contributed by atoms with Crippen molar-refractivity contribution in [3.05, 3.63) is 0 Å². The number of ether oxygens (including phenoxy) is 1. The van der Waals surface area contributed by atoms with E-state index in [0.717, 1.165) is 13.0 Å². The molecular formula is C11H19NO3. The Bertz CT molecular complexity index is 267. The number of piperidine rings is 1. The number of methoxy groups -OCH3 is 1. The number of likely N-dealkylation sites (tertiary alicyclic amines) is 1. The van der Waals surface area contributed by atoms with Crippen LogP contribution >= 0.6 is 0 Å². The zero-order valence-electron chi connectivity index (χ0n) is 9.87. The fourth-order valence-corrected chi connectivity index (χ4v) is 1.90. The molecular weight excluding hydrogens is 194 g/mol. The van der Waals surface area contributed by atoms with Gasteiger partial charge in [-0.15, -0.1) is 0 Å². The van der Waals surface area contributed by atoms with E-state index in [0.29, 0.717) is 6.42 Å². The molecule has 0 aromatic rings. The van der Waals surface area contributed by atoms with Gasteiger partial charge in [-0.1, -0.05) is 0 Å². The monoisotopic (exact) mass is 213 g/mol. The second kappa shape index (κ2) is 4.21. The fraction of sp³-hybridized carbons (Fsp3) is 0.818. The lowest BCUT2D eigenvalue weighted by molar-refractivity contribution is -0.158. The number of amides is 1. The Hall–Kier alpha value is -1.06. The van der Waals surface area contributed by atoms with E-state index >= 15 is 0 Å². The first-order chi connectivity index (χ1) is 6.88. The minimum Gasteiger partial charge on any atom is -0.468 e. The van der Waals surface area contributed by atoms with E-state index in [-0.39, 0.29) is 11.4 Å². The van der Waals surface area contributed by atoms with E-state index in [2.05, 4.69) is 4.74 Å². The minimum absolute atomic E-state index is 0.0967. The van der Waals surface area contributed by atoms with E-state index in [1.165, 1.54) is 7.11 Å². The van der Waals surface area contributed by atoms with Gasteiger partial charge < -0.3 is 9.64 Å². The molecule has 1 amide bonds. The number of carbonyl (C=O) groups excluding carboxylic acids is 2. The van der Waals surface area contributed by atoms with Gasteiger partial charge in [0.2, 0.25) is 5.91 Å². The van der Waals surface area contributed by atoms with E-state index in [1.54, 1.807) is 4.90 Å². The summed E-state index contributed by atoms with van der Waals surface area (Å²) >= 11 is 0. The maximum Gasteiger partial charge on any atom is 0.318 e. The molecule has 1 unspecified atom stereocenters. The number of hydrogen-bond acceptors (Lipinski definition) is 3. The van der Waals surface area contributed by atoms with Crippen LogP contribution in [0.15, 0.2) is 0 Å². The molecule has 4 nitrogen and oxygen atoms in total. The Morgan fingerprint density at radius 1 is 1.47 bits per heavy atom. The molecule has 1 atom stereocenters. The molecule has 0 aromatic carbocycles. The molecule has 1 aliphatic heterocycles. The fourth-order valence-electron chi connectivity index (χ4n) is 1.90. The smallest absolute Gasteiger partial charge is 0.318 e. The molecule has 86 valence electrons. The number of hydrogen-bond donors (Lipinski definition) is 0. The van der Waals surface area contributed by atoms with Gasteiger partial charge >= 0.3 is 5.97 Å². The van der Waals surface area contributed by atoms with Gasteiger partial charge in [-0.3, -0.25) is 9.59 Å². The summed E-state index contributed by atoms with van der Waals surface area (Å²) in [4.78, 5) is 25.1. The third-order valence-corrected chi connectivity index (χ3v) is 2.73. The maximum absolute atomic E-state index is 12.0. The molecule has 0 N–H and O–H groups in total. The number of nitrogens with zero attached hydrogens (tertiary/aromatic N) is 1. The lowest BCUT2D eigenvalue weighted by atomic mass is 9.92. The van der Waals surface area contributed by atoms with Crippen LogP contribution < -0.4 is 0 Å². The highest BCUT2D eigenvalue weighted by atomic mass is 16.5. The second-order valence-electron chi connectivity index (χ2n) is 4.88. The third kappa shape index (κ3) is 2.49. The summed E-state index contributed by atoms with van der Waals surface area (Å²) in [5.74, 6) is -1.10. The lowest BCUT2D eigenvalue weighted by Gasteiger charge is -2.40. The molecule has 15 heavy (non-hydrogen) atoms. The van der Waals surface area contributed by atoms with E-state index in [4.69, 9.17) is 0 Å². The van der Waals surface area contributed by atoms with Crippen LogP contribution in [-0.4, -0.2) is 36.0 Å². The van der Waals surface area contributed by atoms with Crippen LogP contribution in [0.3, 0.4) is 0 Å². The first-order valence-corrected chi connectivity index (χ1v) is 5.27. The largest absolute Gasteiger partial charge is 0.468 e. The lowest BCUT2D eigenvalue weighted by Crippen LogP contribution is -2.53. The Morgan fingerprint density at radius 3 is 2.53 bits per heavy atom. The summed E-state index contributed by atoms with van der Waals surface area (Å²) in [6.07, 6.45) is 1.47. The van der Waals surface area contributed by atoms with Crippen LogP contribution in [0.2, 0.25) is 0 Å². The maximum atomic E-state index is 12.0. The highest BCUT2D eigenvalue weighted by molar-refractivity contribution is 5.98. The zero-order valence-corrected chi connectivity index (χ0v) is 9.87. The van der Waals surface area contributed by atoms with Crippen molar-refractivity contribution < 1.29 is 14.3 Å². The third-order valence-electron chi connectivity index (χ3n) is 2.73. The summed E-state index contributed by atoms with van der Waals surface area (Å²) in [6.45, 7) is 6.66. The number of rotatable bonds is 1. The average Bonchev–Trinajstić information content (AvgIpc) is 2.15. The van der Waals surface area contributed by atoms with E-state index < -0.39 is 11.9 Å². The number of esters is 1. The quantitative estimate of drug-likeness (QED) is 0.485.